The number of aromatic nitrogens is 3. The summed E-state index contributed by atoms with van der Waals surface area (Å²) in [7, 11) is 0. The standard InChI is InChI=1S/C15H13FN4/c1-10-6-11(2-3-13(10)16)20-9-19-8-15(20)12-7-18-5-4-14(12)17/h2-9H,1H3,(H2,17,18). The zero-order valence-corrected chi connectivity index (χ0v) is 10.9. The van der Waals surface area contributed by atoms with Gasteiger partial charge in [0.25, 0.3) is 0 Å². The Morgan fingerprint density at radius 2 is 2.00 bits per heavy atom. The normalized spacial score (nSPS) is 10.7. The van der Waals surface area contributed by atoms with Gasteiger partial charge in [-0.25, -0.2) is 9.37 Å². The molecule has 100 valence electrons. The third kappa shape index (κ3) is 2.03. The summed E-state index contributed by atoms with van der Waals surface area (Å²) in [6, 6.07) is 6.66. The molecule has 0 radical (unpaired) electrons. The van der Waals surface area contributed by atoms with Gasteiger partial charge in [-0.1, -0.05) is 0 Å². The maximum absolute atomic E-state index is 13.4. The summed E-state index contributed by atoms with van der Waals surface area (Å²) < 4.78 is 15.2. The number of imidazole rings is 1. The molecule has 0 saturated carbocycles. The highest BCUT2D eigenvalue weighted by atomic mass is 19.1. The predicted octanol–water partition coefficient (Wildman–Crippen LogP) is 2.96. The molecule has 0 aliphatic carbocycles. The Balaban J connectivity index is 2.15. The number of nitrogen functional groups attached to an aromatic ring is 1. The van der Waals surface area contributed by atoms with E-state index in [-0.39, 0.29) is 5.82 Å². The first kappa shape index (κ1) is 12.3. The van der Waals surface area contributed by atoms with Crippen molar-refractivity contribution in [2.75, 3.05) is 5.73 Å². The number of benzene rings is 1. The van der Waals surface area contributed by atoms with Gasteiger partial charge in [-0.15, -0.1) is 0 Å². The van der Waals surface area contributed by atoms with E-state index in [1.54, 1.807) is 50.0 Å². The maximum Gasteiger partial charge on any atom is 0.126 e. The van der Waals surface area contributed by atoms with E-state index in [1.165, 1.54) is 6.07 Å². The average Bonchev–Trinajstić information content (AvgIpc) is 2.91. The Hall–Kier alpha value is -2.69. The number of nitrogens with two attached hydrogens (primary N) is 1. The molecule has 0 bridgehead atoms. The lowest BCUT2D eigenvalue weighted by Crippen LogP contribution is -1.99. The molecular formula is C15H13FN4. The number of rotatable bonds is 2. The maximum atomic E-state index is 13.4. The van der Waals surface area contributed by atoms with Crippen molar-refractivity contribution >= 4 is 5.69 Å². The highest BCUT2D eigenvalue weighted by Crippen LogP contribution is 2.27. The van der Waals surface area contributed by atoms with Crippen LogP contribution in [0.4, 0.5) is 10.1 Å². The third-order valence-electron chi connectivity index (χ3n) is 3.19. The van der Waals surface area contributed by atoms with E-state index in [1.807, 2.05) is 4.57 Å². The Kier molecular flexibility index (Phi) is 2.95. The smallest absolute Gasteiger partial charge is 0.126 e. The molecule has 0 aliphatic rings. The van der Waals surface area contributed by atoms with E-state index in [4.69, 9.17) is 5.73 Å². The second-order valence-electron chi connectivity index (χ2n) is 4.55. The van der Waals surface area contributed by atoms with Crippen molar-refractivity contribution in [3.8, 4) is 16.9 Å². The first-order valence-corrected chi connectivity index (χ1v) is 6.15. The number of nitrogens with zero attached hydrogens (tertiary/aromatic N) is 3. The zero-order chi connectivity index (χ0) is 14.1. The van der Waals surface area contributed by atoms with Gasteiger partial charge in [0.15, 0.2) is 0 Å². The molecule has 20 heavy (non-hydrogen) atoms. The van der Waals surface area contributed by atoms with Crippen molar-refractivity contribution in [3.63, 3.8) is 0 Å². The molecule has 0 spiro atoms. The van der Waals surface area contributed by atoms with Gasteiger partial charge in [-0.05, 0) is 36.8 Å². The Bertz CT molecular complexity index is 764. The van der Waals surface area contributed by atoms with Gasteiger partial charge in [0, 0.05) is 29.3 Å². The van der Waals surface area contributed by atoms with Crippen LogP contribution in [-0.4, -0.2) is 14.5 Å². The van der Waals surface area contributed by atoms with Crippen molar-refractivity contribution in [2.45, 2.75) is 6.92 Å². The number of halogens is 1. The summed E-state index contributed by atoms with van der Waals surface area (Å²) >= 11 is 0. The highest BCUT2D eigenvalue weighted by Gasteiger charge is 2.10. The fourth-order valence-electron chi connectivity index (χ4n) is 2.10. The molecule has 1 aromatic carbocycles. The second kappa shape index (κ2) is 4.77. The average molecular weight is 268 g/mol. The van der Waals surface area contributed by atoms with Gasteiger partial charge >= 0.3 is 0 Å². The van der Waals surface area contributed by atoms with Crippen LogP contribution in [0.3, 0.4) is 0 Å². The summed E-state index contributed by atoms with van der Waals surface area (Å²) in [4.78, 5) is 8.24. The summed E-state index contributed by atoms with van der Waals surface area (Å²) in [6.07, 6.45) is 6.72. The fraction of sp³-hybridized carbons (Fsp3) is 0.0667. The quantitative estimate of drug-likeness (QED) is 0.777. The van der Waals surface area contributed by atoms with Crippen LogP contribution in [0.15, 0.2) is 49.2 Å². The van der Waals surface area contributed by atoms with Crippen LogP contribution in [0.1, 0.15) is 5.56 Å². The fourth-order valence-corrected chi connectivity index (χ4v) is 2.10. The first-order chi connectivity index (χ1) is 9.66. The minimum absolute atomic E-state index is 0.226. The Morgan fingerprint density at radius 3 is 2.75 bits per heavy atom. The monoisotopic (exact) mass is 268 g/mol. The molecule has 0 amide bonds. The highest BCUT2D eigenvalue weighted by molar-refractivity contribution is 5.73. The number of anilines is 1. The molecule has 3 rings (SSSR count). The van der Waals surface area contributed by atoms with Gasteiger partial charge in [0.1, 0.15) is 5.82 Å². The lowest BCUT2D eigenvalue weighted by Gasteiger charge is -2.10. The molecule has 0 aliphatic heterocycles. The molecule has 0 fully saturated rings. The van der Waals surface area contributed by atoms with Crippen LogP contribution >= 0.6 is 0 Å². The van der Waals surface area contributed by atoms with Gasteiger partial charge in [0.05, 0.1) is 18.2 Å². The molecule has 2 aromatic heterocycles. The minimum Gasteiger partial charge on any atom is -0.398 e. The van der Waals surface area contributed by atoms with Crippen LogP contribution < -0.4 is 5.73 Å². The van der Waals surface area contributed by atoms with Crippen molar-refractivity contribution in [1.29, 1.82) is 0 Å². The Morgan fingerprint density at radius 1 is 1.15 bits per heavy atom. The molecule has 2 N–H and O–H groups in total. The summed E-state index contributed by atoms with van der Waals surface area (Å²) in [5.41, 5.74) is 9.63. The van der Waals surface area contributed by atoms with Crippen LogP contribution in [0.5, 0.6) is 0 Å². The van der Waals surface area contributed by atoms with Crippen molar-refractivity contribution in [2.24, 2.45) is 0 Å². The summed E-state index contributed by atoms with van der Waals surface area (Å²) in [5, 5.41) is 0. The molecule has 5 heteroatoms. The van der Waals surface area contributed by atoms with Crippen LogP contribution in [0.25, 0.3) is 16.9 Å². The summed E-state index contributed by atoms with van der Waals surface area (Å²) in [6.45, 7) is 1.73. The van der Waals surface area contributed by atoms with Crippen LogP contribution in [0.2, 0.25) is 0 Å². The SMILES string of the molecule is Cc1cc(-n2cncc2-c2cnccc2N)ccc1F. The molecule has 0 atom stereocenters. The van der Waals surface area contributed by atoms with Crippen LogP contribution in [0, 0.1) is 12.7 Å². The number of hydrogen-bond donors (Lipinski definition) is 1. The lowest BCUT2D eigenvalue weighted by atomic mass is 10.1. The van der Waals surface area contributed by atoms with E-state index in [2.05, 4.69) is 9.97 Å². The van der Waals surface area contributed by atoms with Crippen LogP contribution in [-0.2, 0) is 0 Å². The molecule has 0 unspecified atom stereocenters. The van der Waals surface area contributed by atoms with Gasteiger partial charge in [-0.2, -0.15) is 0 Å². The molecule has 3 aromatic rings. The van der Waals surface area contributed by atoms with Crippen molar-refractivity contribution in [1.82, 2.24) is 14.5 Å². The molecule has 0 saturated heterocycles. The molecule has 4 nitrogen and oxygen atoms in total. The predicted molar refractivity (Wildman–Crippen MR) is 75.9 cm³/mol. The minimum atomic E-state index is -0.226. The second-order valence-corrected chi connectivity index (χ2v) is 4.55. The lowest BCUT2D eigenvalue weighted by molar-refractivity contribution is 0.618. The largest absolute Gasteiger partial charge is 0.398 e. The van der Waals surface area contributed by atoms with E-state index in [9.17, 15) is 4.39 Å². The number of aryl methyl sites for hydroxylation is 1. The zero-order valence-electron chi connectivity index (χ0n) is 10.9. The topological polar surface area (TPSA) is 56.7 Å². The van der Waals surface area contributed by atoms with Gasteiger partial charge < -0.3 is 5.73 Å². The first-order valence-electron chi connectivity index (χ1n) is 6.15. The van der Waals surface area contributed by atoms with Gasteiger partial charge in [0.2, 0.25) is 0 Å². The van der Waals surface area contributed by atoms with E-state index < -0.39 is 0 Å². The number of pyridine rings is 1. The van der Waals surface area contributed by atoms with E-state index >= 15 is 0 Å². The Labute approximate surface area is 115 Å². The third-order valence-corrected chi connectivity index (χ3v) is 3.19. The van der Waals surface area contributed by atoms with Crippen molar-refractivity contribution < 1.29 is 4.39 Å². The van der Waals surface area contributed by atoms with E-state index in [0.29, 0.717) is 11.3 Å². The van der Waals surface area contributed by atoms with E-state index in [0.717, 1.165) is 16.9 Å². The molecular weight excluding hydrogens is 255 g/mol. The summed E-state index contributed by atoms with van der Waals surface area (Å²) in [5.74, 6) is -0.226. The molecule has 2 heterocycles. The van der Waals surface area contributed by atoms with Gasteiger partial charge in [-0.3, -0.25) is 9.55 Å². The van der Waals surface area contributed by atoms with Crippen molar-refractivity contribution in [3.05, 3.63) is 60.6 Å². The number of hydrogen-bond acceptors (Lipinski definition) is 3.